The van der Waals surface area contributed by atoms with Gasteiger partial charge in [-0.1, -0.05) is 23.2 Å². The molecule has 0 bridgehead atoms. The molecule has 0 fully saturated rings. The molecule has 0 aliphatic carbocycles. The molecule has 0 spiro atoms. The third-order valence-electron chi connectivity index (χ3n) is 4.28. The van der Waals surface area contributed by atoms with Crippen LogP contribution < -0.4 is 16.0 Å². The molecule has 0 saturated carbocycles. The number of benzene rings is 1. The molecule has 0 atom stereocenters. The first kappa shape index (κ1) is 21.9. The van der Waals surface area contributed by atoms with Crippen LogP contribution in [-0.2, 0) is 10.0 Å². The van der Waals surface area contributed by atoms with Gasteiger partial charge >= 0.3 is 0 Å². The lowest BCUT2D eigenvalue weighted by atomic mass is 10.2. The van der Waals surface area contributed by atoms with Gasteiger partial charge in [0.2, 0.25) is 5.95 Å². The van der Waals surface area contributed by atoms with Crippen LogP contribution in [0.25, 0.3) is 16.6 Å². The maximum absolute atomic E-state index is 15.2. The van der Waals surface area contributed by atoms with Gasteiger partial charge in [-0.3, -0.25) is 14.1 Å². The van der Waals surface area contributed by atoms with E-state index in [1.807, 2.05) is 4.72 Å². The summed E-state index contributed by atoms with van der Waals surface area (Å²) in [5, 5.41) is -0.487. The van der Waals surface area contributed by atoms with Gasteiger partial charge in [-0.2, -0.15) is 0 Å². The van der Waals surface area contributed by atoms with Crippen LogP contribution in [0, 0.1) is 11.6 Å². The van der Waals surface area contributed by atoms with Crippen molar-refractivity contribution in [3.63, 3.8) is 0 Å². The Kier molecular flexibility index (Phi) is 5.44. The number of halogens is 4. The second-order valence-corrected chi connectivity index (χ2v) is 8.77. The topological polar surface area (TPSA) is 133 Å². The molecular formula is C18H10Cl2F2N6O3S. The Morgan fingerprint density at radius 1 is 1.09 bits per heavy atom. The SMILES string of the molecule is Nc1ncc2c(=O)n(-c3c(F)ccc(NS(=O)(=O)c4cc(Cl)cnc4Cl)c3F)ccc2n1. The highest BCUT2D eigenvalue weighted by molar-refractivity contribution is 7.92. The molecule has 14 heteroatoms. The highest BCUT2D eigenvalue weighted by atomic mass is 35.5. The summed E-state index contributed by atoms with van der Waals surface area (Å²) in [5.41, 5.74) is 3.34. The van der Waals surface area contributed by atoms with Gasteiger partial charge in [-0.25, -0.2) is 32.2 Å². The average molecular weight is 499 g/mol. The Bertz CT molecular complexity index is 1560. The summed E-state index contributed by atoms with van der Waals surface area (Å²) in [5.74, 6) is -2.55. The van der Waals surface area contributed by atoms with E-state index in [1.54, 1.807) is 0 Å². The van der Waals surface area contributed by atoms with Crippen molar-refractivity contribution in [1.82, 2.24) is 19.5 Å². The van der Waals surface area contributed by atoms with Gasteiger partial charge < -0.3 is 5.73 Å². The molecule has 4 rings (SSSR count). The number of aromatic nitrogens is 4. The van der Waals surface area contributed by atoms with Crippen molar-refractivity contribution in [1.29, 1.82) is 0 Å². The van der Waals surface area contributed by atoms with Crippen molar-refractivity contribution in [2.24, 2.45) is 0 Å². The summed E-state index contributed by atoms with van der Waals surface area (Å²) >= 11 is 11.6. The number of rotatable bonds is 4. The van der Waals surface area contributed by atoms with E-state index in [2.05, 4.69) is 15.0 Å². The third-order valence-corrected chi connectivity index (χ3v) is 6.28. The van der Waals surface area contributed by atoms with Gasteiger partial charge in [-0.15, -0.1) is 0 Å². The van der Waals surface area contributed by atoms with E-state index in [4.69, 9.17) is 28.9 Å². The first-order valence-corrected chi connectivity index (χ1v) is 10.8. The summed E-state index contributed by atoms with van der Waals surface area (Å²) in [4.78, 5) is 23.5. The summed E-state index contributed by atoms with van der Waals surface area (Å²) in [6.07, 6.45) is 3.32. The molecule has 3 heterocycles. The zero-order valence-corrected chi connectivity index (χ0v) is 17.9. The molecule has 32 heavy (non-hydrogen) atoms. The van der Waals surface area contributed by atoms with Crippen molar-refractivity contribution in [2.45, 2.75) is 4.90 Å². The van der Waals surface area contributed by atoms with E-state index in [-0.39, 0.29) is 21.9 Å². The molecule has 0 radical (unpaired) electrons. The molecule has 0 amide bonds. The zero-order chi connectivity index (χ0) is 23.2. The van der Waals surface area contributed by atoms with Crippen molar-refractivity contribution in [3.8, 4) is 5.69 Å². The third kappa shape index (κ3) is 3.83. The summed E-state index contributed by atoms with van der Waals surface area (Å²) in [6, 6.07) is 3.97. The number of nitrogen functional groups attached to an aromatic ring is 1. The molecule has 0 aliphatic heterocycles. The number of anilines is 2. The number of nitrogens with zero attached hydrogens (tertiary/aromatic N) is 4. The quantitative estimate of drug-likeness (QED) is 0.412. The Labute approximate surface area is 188 Å². The number of hydrogen-bond donors (Lipinski definition) is 2. The van der Waals surface area contributed by atoms with E-state index < -0.39 is 48.6 Å². The molecule has 1 aromatic carbocycles. The monoisotopic (exact) mass is 498 g/mol. The maximum atomic E-state index is 15.2. The van der Waals surface area contributed by atoms with E-state index >= 15 is 4.39 Å². The van der Waals surface area contributed by atoms with E-state index in [0.29, 0.717) is 4.57 Å². The second kappa shape index (κ2) is 7.97. The van der Waals surface area contributed by atoms with Crippen LogP contribution in [0.15, 0.2) is 52.5 Å². The molecule has 3 aromatic heterocycles. The fourth-order valence-corrected chi connectivity index (χ4v) is 4.60. The van der Waals surface area contributed by atoms with Gasteiger partial charge in [0.1, 0.15) is 21.6 Å². The number of hydrogen-bond acceptors (Lipinski definition) is 7. The number of pyridine rings is 2. The zero-order valence-electron chi connectivity index (χ0n) is 15.6. The Hall–Kier alpha value is -3.35. The number of nitrogens with one attached hydrogen (secondary N) is 1. The van der Waals surface area contributed by atoms with Gasteiger partial charge in [0.05, 0.1) is 21.6 Å². The van der Waals surface area contributed by atoms with E-state index in [1.165, 1.54) is 6.07 Å². The molecule has 0 saturated heterocycles. The normalized spacial score (nSPS) is 11.6. The summed E-state index contributed by atoms with van der Waals surface area (Å²) < 4.78 is 57.8. The Morgan fingerprint density at radius 2 is 1.84 bits per heavy atom. The molecule has 0 unspecified atom stereocenters. The first-order valence-electron chi connectivity index (χ1n) is 8.54. The van der Waals surface area contributed by atoms with Gasteiger partial charge in [0.25, 0.3) is 15.6 Å². The standard InChI is InChI=1S/C18H10Cl2F2N6O3S/c19-8-5-13(16(20)24-6-8)32(30,31)27-12-2-1-10(21)15(14(12)22)28-4-3-11-9(17(28)29)7-25-18(23)26-11/h1-7,27H,(H2,23,25,26). The average Bonchev–Trinajstić information content (AvgIpc) is 2.73. The lowest BCUT2D eigenvalue weighted by Gasteiger charge is -2.14. The van der Waals surface area contributed by atoms with Gasteiger partial charge in [0, 0.05) is 18.6 Å². The minimum absolute atomic E-state index is 0.0272. The van der Waals surface area contributed by atoms with Crippen LogP contribution in [0.2, 0.25) is 10.2 Å². The molecule has 0 aliphatic rings. The van der Waals surface area contributed by atoms with Crippen molar-refractivity contribution >= 4 is 55.8 Å². The Morgan fingerprint density at radius 3 is 2.59 bits per heavy atom. The van der Waals surface area contributed by atoms with E-state index in [0.717, 1.165) is 36.8 Å². The predicted octanol–water partition coefficient (Wildman–Crippen LogP) is 3.14. The highest BCUT2D eigenvalue weighted by Gasteiger charge is 2.24. The van der Waals surface area contributed by atoms with Crippen LogP contribution in [0.5, 0.6) is 0 Å². The molecule has 9 nitrogen and oxygen atoms in total. The van der Waals surface area contributed by atoms with Crippen LogP contribution in [0.3, 0.4) is 0 Å². The molecule has 3 N–H and O–H groups in total. The molecule has 4 aromatic rings. The fourth-order valence-electron chi connectivity index (χ4n) is 2.85. The molecule has 164 valence electrons. The first-order chi connectivity index (χ1) is 15.1. The minimum atomic E-state index is -4.46. The maximum Gasteiger partial charge on any atom is 0.266 e. The predicted molar refractivity (Wildman–Crippen MR) is 115 cm³/mol. The van der Waals surface area contributed by atoms with E-state index in [9.17, 15) is 17.6 Å². The number of sulfonamides is 1. The van der Waals surface area contributed by atoms with Crippen LogP contribution in [0.1, 0.15) is 0 Å². The highest BCUT2D eigenvalue weighted by Crippen LogP contribution is 2.29. The lowest BCUT2D eigenvalue weighted by molar-refractivity contribution is 0.568. The number of nitrogens with two attached hydrogens (primary N) is 1. The fraction of sp³-hybridized carbons (Fsp3) is 0. The summed E-state index contributed by atoms with van der Waals surface area (Å²) in [6.45, 7) is 0. The van der Waals surface area contributed by atoms with Gasteiger partial charge in [0.15, 0.2) is 5.82 Å². The second-order valence-electron chi connectivity index (χ2n) is 6.32. The van der Waals surface area contributed by atoms with Crippen molar-refractivity contribution in [2.75, 3.05) is 10.5 Å². The Balaban J connectivity index is 1.85. The van der Waals surface area contributed by atoms with Crippen LogP contribution >= 0.6 is 23.2 Å². The smallest absolute Gasteiger partial charge is 0.266 e. The largest absolute Gasteiger partial charge is 0.368 e. The lowest BCUT2D eigenvalue weighted by Crippen LogP contribution is -2.22. The van der Waals surface area contributed by atoms with Gasteiger partial charge in [-0.05, 0) is 24.3 Å². The number of fused-ring (bicyclic) bond motifs is 1. The van der Waals surface area contributed by atoms with Crippen molar-refractivity contribution in [3.05, 3.63) is 75.0 Å². The van der Waals surface area contributed by atoms with Crippen LogP contribution in [-0.4, -0.2) is 27.9 Å². The summed E-state index contributed by atoms with van der Waals surface area (Å²) in [7, 11) is -4.46. The molecular weight excluding hydrogens is 489 g/mol. The van der Waals surface area contributed by atoms with Crippen molar-refractivity contribution < 1.29 is 17.2 Å². The minimum Gasteiger partial charge on any atom is -0.368 e. The van der Waals surface area contributed by atoms with Crippen LogP contribution in [0.4, 0.5) is 20.4 Å².